The lowest BCUT2D eigenvalue weighted by atomic mass is 10.3. The summed E-state index contributed by atoms with van der Waals surface area (Å²) in [5.41, 5.74) is 0. The summed E-state index contributed by atoms with van der Waals surface area (Å²) in [5, 5.41) is 2.84. The highest BCUT2D eigenvalue weighted by Gasteiger charge is 2.21. The normalized spacial score (nSPS) is 15.8. The van der Waals surface area contributed by atoms with Crippen LogP contribution < -0.4 is 19.5 Å². The Bertz CT molecular complexity index is 595. The molecule has 0 bridgehead atoms. The van der Waals surface area contributed by atoms with Crippen molar-refractivity contribution in [2.24, 2.45) is 0 Å². The Hall–Kier alpha value is -2.09. The van der Waals surface area contributed by atoms with Crippen molar-refractivity contribution in [3.8, 4) is 17.2 Å². The van der Waals surface area contributed by atoms with Crippen LogP contribution in [0.5, 0.6) is 17.2 Å². The Morgan fingerprint density at radius 1 is 1.35 bits per heavy atom. The van der Waals surface area contributed by atoms with Crippen LogP contribution in [0.15, 0.2) is 18.2 Å². The second kappa shape index (κ2) is 7.45. The third-order valence-corrected chi connectivity index (χ3v) is 4.38. The molecule has 7 nitrogen and oxygen atoms in total. The molecule has 124 valence electrons. The Morgan fingerprint density at radius 2 is 2.22 bits per heavy atom. The van der Waals surface area contributed by atoms with Gasteiger partial charge in [0.25, 0.3) is 5.24 Å². The summed E-state index contributed by atoms with van der Waals surface area (Å²) < 4.78 is 16.0. The van der Waals surface area contributed by atoms with E-state index >= 15 is 0 Å². The molecule has 0 spiro atoms. The van der Waals surface area contributed by atoms with Gasteiger partial charge in [0.05, 0.1) is 6.54 Å². The van der Waals surface area contributed by atoms with Crippen molar-refractivity contribution >= 4 is 22.9 Å². The SMILES string of the molecule is O=C(CCN1CCSC1=O)NCCOc1ccc2c(c1)OCO2. The van der Waals surface area contributed by atoms with E-state index in [9.17, 15) is 9.59 Å². The number of amides is 2. The van der Waals surface area contributed by atoms with Gasteiger partial charge in [0.1, 0.15) is 12.4 Å². The molecule has 0 atom stereocenters. The summed E-state index contributed by atoms with van der Waals surface area (Å²) in [4.78, 5) is 24.8. The molecule has 23 heavy (non-hydrogen) atoms. The van der Waals surface area contributed by atoms with E-state index in [0.29, 0.717) is 43.4 Å². The molecule has 2 amide bonds. The minimum atomic E-state index is -0.0796. The molecule has 1 aromatic rings. The summed E-state index contributed by atoms with van der Waals surface area (Å²) in [5.74, 6) is 2.77. The van der Waals surface area contributed by atoms with Crippen molar-refractivity contribution < 1.29 is 23.8 Å². The van der Waals surface area contributed by atoms with E-state index in [1.165, 1.54) is 11.8 Å². The van der Waals surface area contributed by atoms with Gasteiger partial charge in [0.2, 0.25) is 12.7 Å². The predicted octanol–water partition coefficient (Wildman–Crippen LogP) is 1.47. The van der Waals surface area contributed by atoms with E-state index in [1.54, 1.807) is 23.1 Å². The van der Waals surface area contributed by atoms with E-state index in [0.717, 1.165) is 12.3 Å². The summed E-state index contributed by atoms with van der Waals surface area (Å²) in [6, 6.07) is 5.36. The molecular weight excluding hydrogens is 320 g/mol. The van der Waals surface area contributed by atoms with Crippen molar-refractivity contribution in [3.05, 3.63) is 18.2 Å². The molecule has 2 heterocycles. The van der Waals surface area contributed by atoms with Crippen LogP contribution >= 0.6 is 11.8 Å². The number of fused-ring (bicyclic) bond motifs is 1. The second-order valence-electron chi connectivity index (χ2n) is 5.06. The van der Waals surface area contributed by atoms with Gasteiger partial charge < -0.3 is 24.4 Å². The fourth-order valence-electron chi connectivity index (χ4n) is 2.28. The minimum Gasteiger partial charge on any atom is -0.492 e. The van der Waals surface area contributed by atoms with Crippen LogP contribution in [-0.2, 0) is 4.79 Å². The van der Waals surface area contributed by atoms with Crippen LogP contribution in [0, 0.1) is 0 Å². The fourth-order valence-corrected chi connectivity index (χ4v) is 3.13. The molecule has 1 saturated heterocycles. The molecule has 3 rings (SSSR count). The first kappa shape index (κ1) is 15.8. The number of hydrogen-bond acceptors (Lipinski definition) is 6. The zero-order valence-corrected chi connectivity index (χ0v) is 13.4. The van der Waals surface area contributed by atoms with E-state index in [2.05, 4.69) is 5.32 Å². The van der Waals surface area contributed by atoms with Crippen molar-refractivity contribution in [2.45, 2.75) is 6.42 Å². The largest absolute Gasteiger partial charge is 0.492 e. The monoisotopic (exact) mass is 338 g/mol. The van der Waals surface area contributed by atoms with Gasteiger partial charge in [-0.3, -0.25) is 9.59 Å². The van der Waals surface area contributed by atoms with Crippen LogP contribution in [-0.4, -0.2) is 54.8 Å². The zero-order chi connectivity index (χ0) is 16.1. The number of thioether (sulfide) groups is 1. The molecule has 0 radical (unpaired) electrons. The van der Waals surface area contributed by atoms with Crippen molar-refractivity contribution in [1.29, 1.82) is 0 Å². The number of nitrogens with zero attached hydrogens (tertiary/aromatic N) is 1. The average Bonchev–Trinajstić information content (AvgIpc) is 3.17. The number of hydrogen-bond donors (Lipinski definition) is 1. The van der Waals surface area contributed by atoms with Crippen LogP contribution in [0.1, 0.15) is 6.42 Å². The minimum absolute atomic E-state index is 0.0592. The topological polar surface area (TPSA) is 77.1 Å². The Labute approximate surface area is 138 Å². The summed E-state index contributed by atoms with van der Waals surface area (Å²) in [7, 11) is 0. The third-order valence-electron chi connectivity index (χ3n) is 3.49. The molecule has 1 aromatic carbocycles. The van der Waals surface area contributed by atoms with E-state index in [4.69, 9.17) is 14.2 Å². The summed E-state index contributed by atoms with van der Waals surface area (Å²) in [6.07, 6.45) is 0.316. The maximum atomic E-state index is 11.7. The molecule has 2 aliphatic rings. The smallest absolute Gasteiger partial charge is 0.281 e. The highest BCUT2D eigenvalue weighted by Crippen LogP contribution is 2.34. The molecule has 8 heteroatoms. The van der Waals surface area contributed by atoms with Crippen molar-refractivity contribution in [3.63, 3.8) is 0 Å². The van der Waals surface area contributed by atoms with E-state index in [-0.39, 0.29) is 17.9 Å². The van der Waals surface area contributed by atoms with Gasteiger partial charge in [-0.05, 0) is 12.1 Å². The van der Waals surface area contributed by atoms with Gasteiger partial charge in [-0.1, -0.05) is 11.8 Å². The van der Waals surface area contributed by atoms with E-state index in [1.807, 2.05) is 0 Å². The number of carbonyl (C=O) groups is 2. The van der Waals surface area contributed by atoms with Gasteiger partial charge in [0, 0.05) is 31.3 Å². The first-order chi connectivity index (χ1) is 11.2. The third kappa shape index (κ3) is 4.22. The predicted molar refractivity (Wildman–Crippen MR) is 85.1 cm³/mol. The highest BCUT2D eigenvalue weighted by atomic mass is 32.2. The molecular formula is C15H18N2O5S. The highest BCUT2D eigenvalue weighted by molar-refractivity contribution is 8.13. The fraction of sp³-hybridized carbons (Fsp3) is 0.467. The summed E-state index contributed by atoms with van der Waals surface area (Å²) >= 11 is 1.30. The first-order valence-electron chi connectivity index (χ1n) is 7.43. The number of benzene rings is 1. The van der Waals surface area contributed by atoms with Gasteiger partial charge in [-0.2, -0.15) is 0 Å². The molecule has 0 unspecified atom stereocenters. The standard InChI is InChI=1S/C15H18N2O5S/c18-14(3-5-17-6-8-23-15(17)19)16-4-7-20-11-1-2-12-13(9-11)22-10-21-12/h1-2,9H,3-8,10H2,(H,16,18). The summed E-state index contributed by atoms with van der Waals surface area (Å²) in [6.45, 7) is 2.21. The Kier molecular flexibility index (Phi) is 5.12. The van der Waals surface area contributed by atoms with Crippen molar-refractivity contribution in [2.75, 3.05) is 38.8 Å². The van der Waals surface area contributed by atoms with E-state index < -0.39 is 0 Å². The molecule has 1 N–H and O–H groups in total. The molecule has 2 aliphatic heterocycles. The quantitative estimate of drug-likeness (QED) is 0.759. The molecule has 0 aliphatic carbocycles. The Morgan fingerprint density at radius 3 is 3.04 bits per heavy atom. The lowest BCUT2D eigenvalue weighted by Crippen LogP contribution is -2.32. The number of nitrogens with one attached hydrogen (secondary N) is 1. The van der Waals surface area contributed by atoms with Crippen LogP contribution in [0.25, 0.3) is 0 Å². The van der Waals surface area contributed by atoms with Crippen LogP contribution in [0.4, 0.5) is 4.79 Å². The molecule has 0 saturated carbocycles. The maximum Gasteiger partial charge on any atom is 0.281 e. The van der Waals surface area contributed by atoms with Gasteiger partial charge >= 0.3 is 0 Å². The first-order valence-corrected chi connectivity index (χ1v) is 8.42. The lowest BCUT2D eigenvalue weighted by molar-refractivity contribution is -0.121. The van der Waals surface area contributed by atoms with Gasteiger partial charge in [-0.15, -0.1) is 0 Å². The Balaban J connectivity index is 1.31. The average molecular weight is 338 g/mol. The van der Waals surface area contributed by atoms with Crippen LogP contribution in [0.2, 0.25) is 0 Å². The number of rotatable bonds is 7. The molecule has 0 aromatic heterocycles. The second-order valence-corrected chi connectivity index (χ2v) is 6.11. The lowest BCUT2D eigenvalue weighted by Gasteiger charge is -2.14. The number of carbonyl (C=O) groups excluding carboxylic acids is 2. The number of ether oxygens (including phenoxy) is 3. The van der Waals surface area contributed by atoms with Crippen molar-refractivity contribution in [1.82, 2.24) is 10.2 Å². The van der Waals surface area contributed by atoms with Gasteiger partial charge in [-0.25, -0.2) is 0 Å². The maximum absolute atomic E-state index is 11.7. The molecule has 1 fully saturated rings. The van der Waals surface area contributed by atoms with Gasteiger partial charge in [0.15, 0.2) is 11.5 Å². The zero-order valence-electron chi connectivity index (χ0n) is 12.6. The van der Waals surface area contributed by atoms with Crippen LogP contribution in [0.3, 0.4) is 0 Å².